The fraction of sp³-hybridized carbons (Fsp3) is 0.600. The summed E-state index contributed by atoms with van der Waals surface area (Å²) in [5, 5.41) is 5.11. The molecule has 1 aliphatic carbocycles. The molecule has 0 aromatic heterocycles. The van der Waals surface area contributed by atoms with Crippen LogP contribution in [0.15, 0.2) is 30.0 Å². The SMILES string of the molecule is CCCCC1(CCCC)CCCC2=C1[N]c1ccccc12. The Morgan fingerprint density at radius 1 is 1.05 bits per heavy atom. The molecule has 21 heavy (non-hydrogen) atoms. The molecule has 0 saturated carbocycles. The standard InChI is InChI=1S/C20H28N/c1-3-5-13-20(14-6-4-2)15-9-11-17-16-10-7-8-12-18(16)21-19(17)20/h7-8,10,12H,3-6,9,11,13-15H2,1-2H3. The second-order valence-corrected chi connectivity index (χ2v) is 6.80. The summed E-state index contributed by atoms with van der Waals surface area (Å²) in [6.07, 6.45) is 11.9. The Bertz CT molecular complexity index is 518. The molecule has 113 valence electrons. The minimum absolute atomic E-state index is 0.374. The zero-order valence-electron chi connectivity index (χ0n) is 13.6. The van der Waals surface area contributed by atoms with Crippen LogP contribution in [0.25, 0.3) is 5.57 Å². The predicted molar refractivity (Wildman–Crippen MR) is 90.5 cm³/mol. The van der Waals surface area contributed by atoms with E-state index in [4.69, 9.17) is 5.32 Å². The number of benzene rings is 1. The lowest BCUT2D eigenvalue weighted by atomic mass is 9.67. The van der Waals surface area contributed by atoms with Crippen LogP contribution in [0.5, 0.6) is 0 Å². The Morgan fingerprint density at radius 3 is 2.48 bits per heavy atom. The van der Waals surface area contributed by atoms with Gasteiger partial charge in [-0.2, -0.15) is 0 Å². The number of para-hydroxylation sites is 1. The van der Waals surface area contributed by atoms with E-state index in [1.807, 2.05) is 0 Å². The summed E-state index contributed by atoms with van der Waals surface area (Å²) >= 11 is 0. The van der Waals surface area contributed by atoms with Crippen LogP contribution in [-0.4, -0.2) is 0 Å². The van der Waals surface area contributed by atoms with E-state index < -0.39 is 0 Å². The second-order valence-electron chi connectivity index (χ2n) is 6.80. The van der Waals surface area contributed by atoms with Crippen LogP contribution in [0.4, 0.5) is 5.69 Å². The van der Waals surface area contributed by atoms with Crippen LogP contribution >= 0.6 is 0 Å². The van der Waals surface area contributed by atoms with Crippen molar-refractivity contribution in [3.05, 3.63) is 35.5 Å². The molecule has 1 heteroatoms. The monoisotopic (exact) mass is 282 g/mol. The van der Waals surface area contributed by atoms with E-state index in [1.54, 1.807) is 5.57 Å². The lowest BCUT2D eigenvalue weighted by molar-refractivity contribution is 0.238. The summed E-state index contributed by atoms with van der Waals surface area (Å²) in [5.41, 5.74) is 6.06. The van der Waals surface area contributed by atoms with E-state index >= 15 is 0 Å². The maximum absolute atomic E-state index is 5.11. The van der Waals surface area contributed by atoms with E-state index in [0.717, 1.165) is 0 Å². The topological polar surface area (TPSA) is 14.1 Å². The third-order valence-electron chi connectivity index (χ3n) is 5.35. The highest BCUT2D eigenvalue weighted by atomic mass is 14.9. The lowest BCUT2D eigenvalue weighted by Gasteiger charge is -2.39. The van der Waals surface area contributed by atoms with Crippen molar-refractivity contribution in [3.63, 3.8) is 0 Å². The van der Waals surface area contributed by atoms with Crippen molar-refractivity contribution >= 4 is 11.3 Å². The van der Waals surface area contributed by atoms with E-state index in [-0.39, 0.29) is 0 Å². The molecular weight excluding hydrogens is 254 g/mol. The van der Waals surface area contributed by atoms with Crippen molar-refractivity contribution in [3.8, 4) is 0 Å². The van der Waals surface area contributed by atoms with Crippen LogP contribution in [0.1, 0.15) is 77.2 Å². The van der Waals surface area contributed by atoms with Crippen molar-refractivity contribution < 1.29 is 0 Å². The summed E-state index contributed by atoms with van der Waals surface area (Å²) < 4.78 is 0. The fourth-order valence-corrected chi connectivity index (χ4v) is 4.20. The van der Waals surface area contributed by atoms with Gasteiger partial charge in [0.15, 0.2) is 0 Å². The van der Waals surface area contributed by atoms with Gasteiger partial charge in [0.25, 0.3) is 0 Å². The van der Waals surface area contributed by atoms with Gasteiger partial charge in [0.1, 0.15) is 0 Å². The van der Waals surface area contributed by atoms with Crippen molar-refractivity contribution in [2.75, 3.05) is 0 Å². The minimum Gasteiger partial charge on any atom is -0.252 e. The van der Waals surface area contributed by atoms with E-state index in [0.29, 0.717) is 5.41 Å². The average Bonchev–Trinajstić information content (AvgIpc) is 2.91. The van der Waals surface area contributed by atoms with E-state index in [2.05, 4.69) is 38.1 Å². The van der Waals surface area contributed by atoms with Gasteiger partial charge in [-0.3, -0.25) is 5.32 Å². The van der Waals surface area contributed by atoms with Crippen LogP contribution in [0.2, 0.25) is 0 Å². The molecule has 0 atom stereocenters. The molecule has 1 nitrogen and oxygen atoms in total. The molecule has 0 bridgehead atoms. The first-order chi connectivity index (χ1) is 10.3. The number of allylic oxidation sites excluding steroid dienone is 2. The predicted octanol–water partition coefficient (Wildman–Crippen LogP) is 6.20. The molecule has 1 aromatic rings. The normalized spacial score (nSPS) is 19.1. The van der Waals surface area contributed by atoms with Crippen molar-refractivity contribution in [2.24, 2.45) is 5.41 Å². The first-order valence-electron chi connectivity index (χ1n) is 8.85. The van der Waals surface area contributed by atoms with Gasteiger partial charge in [-0.25, -0.2) is 0 Å². The number of fused-ring (bicyclic) bond motifs is 2. The van der Waals surface area contributed by atoms with Crippen LogP contribution in [-0.2, 0) is 0 Å². The van der Waals surface area contributed by atoms with E-state index in [1.165, 1.54) is 74.7 Å². The Balaban J connectivity index is 1.95. The lowest BCUT2D eigenvalue weighted by Crippen LogP contribution is -2.29. The fourth-order valence-electron chi connectivity index (χ4n) is 4.20. The van der Waals surface area contributed by atoms with Crippen molar-refractivity contribution in [1.82, 2.24) is 5.32 Å². The first kappa shape index (κ1) is 14.7. The molecule has 0 amide bonds. The number of hydrogen-bond donors (Lipinski definition) is 0. The van der Waals surface area contributed by atoms with Gasteiger partial charge < -0.3 is 0 Å². The van der Waals surface area contributed by atoms with Crippen LogP contribution < -0.4 is 5.32 Å². The van der Waals surface area contributed by atoms with Gasteiger partial charge in [-0.1, -0.05) is 57.7 Å². The third kappa shape index (κ3) is 2.63. The number of nitrogens with zero attached hydrogens (tertiary/aromatic N) is 1. The molecule has 1 radical (unpaired) electrons. The average molecular weight is 282 g/mol. The van der Waals surface area contributed by atoms with Crippen molar-refractivity contribution in [2.45, 2.75) is 71.6 Å². The molecule has 0 N–H and O–H groups in total. The maximum Gasteiger partial charge on any atom is 0.0709 e. The maximum atomic E-state index is 5.11. The van der Waals surface area contributed by atoms with Gasteiger partial charge >= 0.3 is 0 Å². The molecule has 1 heterocycles. The number of unbranched alkanes of at least 4 members (excludes halogenated alkanes) is 2. The smallest absolute Gasteiger partial charge is 0.0709 e. The molecule has 2 aliphatic rings. The van der Waals surface area contributed by atoms with Gasteiger partial charge in [-0.05, 0) is 43.7 Å². The Morgan fingerprint density at radius 2 is 1.76 bits per heavy atom. The zero-order valence-corrected chi connectivity index (χ0v) is 13.6. The van der Waals surface area contributed by atoms with Gasteiger partial charge in [0, 0.05) is 11.0 Å². The van der Waals surface area contributed by atoms with E-state index in [9.17, 15) is 0 Å². The largest absolute Gasteiger partial charge is 0.252 e. The molecule has 3 rings (SSSR count). The van der Waals surface area contributed by atoms with Crippen LogP contribution in [0.3, 0.4) is 0 Å². The summed E-state index contributed by atoms with van der Waals surface area (Å²) in [7, 11) is 0. The molecular formula is C20H28N. The Kier molecular flexibility index (Phi) is 4.37. The first-order valence-corrected chi connectivity index (χ1v) is 8.85. The molecule has 0 fully saturated rings. The van der Waals surface area contributed by atoms with Gasteiger partial charge in [0.05, 0.1) is 11.4 Å². The Hall–Kier alpha value is -1.24. The van der Waals surface area contributed by atoms with Gasteiger partial charge in [-0.15, -0.1) is 0 Å². The van der Waals surface area contributed by atoms with Crippen molar-refractivity contribution in [1.29, 1.82) is 0 Å². The minimum atomic E-state index is 0.374. The third-order valence-corrected chi connectivity index (χ3v) is 5.35. The number of hydrogen-bond acceptors (Lipinski definition) is 0. The molecule has 0 saturated heterocycles. The van der Waals surface area contributed by atoms with Crippen LogP contribution in [0, 0.1) is 5.41 Å². The molecule has 0 spiro atoms. The zero-order chi connectivity index (χ0) is 14.7. The highest BCUT2D eigenvalue weighted by Gasteiger charge is 2.41. The summed E-state index contributed by atoms with van der Waals surface area (Å²) in [5.74, 6) is 0. The van der Waals surface area contributed by atoms with Gasteiger partial charge in [0.2, 0.25) is 0 Å². The highest BCUT2D eigenvalue weighted by molar-refractivity contribution is 5.83. The second kappa shape index (κ2) is 6.25. The summed E-state index contributed by atoms with van der Waals surface area (Å²) in [6, 6.07) is 8.76. The molecule has 1 aromatic carbocycles. The quantitative estimate of drug-likeness (QED) is 0.590. The number of rotatable bonds is 6. The summed E-state index contributed by atoms with van der Waals surface area (Å²) in [4.78, 5) is 0. The highest BCUT2D eigenvalue weighted by Crippen LogP contribution is 2.54. The molecule has 1 aliphatic heterocycles. The molecule has 0 unspecified atom stereocenters. The summed E-state index contributed by atoms with van der Waals surface area (Å²) in [6.45, 7) is 4.62. The Labute approximate surface area is 129 Å².